The molecule has 0 saturated carbocycles. The Balaban J connectivity index is 1.56. The van der Waals surface area contributed by atoms with Crippen LogP contribution >= 0.6 is 0 Å². The van der Waals surface area contributed by atoms with Crippen molar-refractivity contribution < 1.29 is 14.5 Å². The van der Waals surface area contributed by atoms with Crippen molar-refractivity contribution in [2.75, 3.05) is 37.6 Å². The van der Waals surface area contributed by atoms with Gasteiger partial charge in [-0.3, -0.25) is 9.59 Å². The predicted octanol–water partition coefficient (Wildman–Crippen LogP) is 2.03. The van der Waals surface area contributed by atoms with Crippen molar-refractivity contribution in [1.82, 2.24) is 4.90 Å². The van der Waals surface area contributed by atoms with Crippen LogP contribution in [0.1, 0.15) is 36.7 Å². The van der Waals surface area contributed by atoms with Crippen LogP contribution < -0.4 is 9.80 Å². The van der Waals surface area contributed by atoms with E-state index in [4.69, 9.17) is 0 Å². The van der Waals surface area contributed by atoms with Crippen LogP contribution in [0.2, 0.25) is 0 Å². The lowest BCUT2D eigenvalue weighted by molar-refractivity contribution is -0.915. The van der Waals surface area contributed by atoms with Crippen molar-refractivity contribution in [3.63, 3.8) is 0 Å². The van der Waals surface area contributed by atoms with Gasteiger partial charge >= 0.3 is 0 Å². The van der Waals surface area contributed by atoms with Crippen molar-refractivity contribution in [2.45, 2.75) is 33.4 Å². The van der Waals surface area contributed by atoms with E-state index in [2.05, 4.69) is 24.0 Å². The lowest BCUT2D eigenvalue weighted by Crippen LogP contribution is -3.19. The second-order valence-corrected chi connectivity index (χ2v) is 7.81. The van der Waals surface area contributed by atoms with E-state index in [1.165, 1.54) is 10.5 Å². The van der Waals surface area contributed by atoms with Gasteiger partial charge in [0.25, 0.3) is 5.91 Å². The Morgan fingerprint density at radius 3 is 2.21 bits per heavy atom. The summed E-state index contributed by atoms with van der Waals surface area (Å²) in [5, 5.41) is 0. The minimum atomic E-state index is -0.0408. The summed E-state index contributed by atoms with van der Waals surface area (Å²) in [5.41, 5.74) is 3.06. The topological polar surface area (TPSA) is 45.1 Å². The molecule has 1 aliphatic rings. The number of hydrogen-bond acceptors (Lipinski definition) is 3. The standard InChI is InChI=1S/C24H31N3O2/c1-4-25(18-21-8-6-5-7-9-21)24(29)19(2)26-14-16-27(17-15-26)23-12-10-22(11-13-23)20(3)28/h5-13,19H,4,14-18H2,1-3H3/p+1/t19-/m1/s1. The molecule has 0 aliphatic carbocycles. The average Bonchev–Trinajstić information content (AvgIpc) is 2.77. The number of amides is 1. The first kappa shape index (κ1) is 21.1. The molecule has 0 aromatic heterocycles. The van der Waals surface area contributed by atoms with E-state index < -0.39 is 0 Å². The van der Waals surface area contributed by atoms with E-state index in [1.807, 2.05) is 54.3 Å². The van der Waals surface area contributed by atoms with E-state index in [0.717, 1.165) is 44.0 Å². The van der Waals surface area contributed by atoms with E-state index in [0.29, 0.717) is 6.54 Å². The normalized spacial score (nSPS) is 15.8. The van der Waals surface area contributed by atoms with Gasteiger partial charge in [-0.05, 0) is 50.6 Å². The minimum Gasteiger partial charge on any atom is -0.360 e. The number of quaternary nitrogens is 1. The molecule has 0 radical (unpaired) electrons. The number of likely N-dealkylation sites (N-methyl/N-ethyl adjacent to an activating group) is 1. The van der Waals surface area contributed by atoms with Crippen molar-refractivity contribution in [3.05, 3.63) is 65.7 Å². The zero-order chi connectivity index (χ0) is 20.8. The van der Waals surface area contributed by atoms with Crippen LogP contribution in [0.4, 0.5) is 5.69 Å². The fraction of sp³-hybridized carbons (Fsp3) is 0.417. The number of piperazine rings is 1. The number of Topliss-reactive ketones (excluding diaryl/α,β-unsaturated/α-hetero) is 1. The Hall–Kier alpha value is -2.66. The highest BCUT2D eigenvalue weighted by atomic mass is 16.2. The second-order valence-electron chi connectivity index (χ2n) is 7.81. The lowest BCUT2D eigenvalue weighted by Gasteiger charge is -2.37. The molecule has 1 atom stereocenters. The van der Waals surface area contributed by atoms with Gasteiger partial charge in [-0.15, -0.1) is 0 Å². The number of hydrogen-bond donors (Lipinski definition) is 1. The summed E-state index contributed by atoms with van der Waals surface area (Å²) in [6, 6.07) is 18.0. The molecule has 0 bridgehead atoms. The number of carbonyl (C=O) groups excluding carboxylic acids is 2. The maximum absolute atomic E-state index is 13.1. The first-order valence-electron chi connectivity index (χ1n) is 10.5. The molecule has 1 heterocycles. The third kappa shape index (κ3) is 5.24. The van der Waals surface area contributed by atoms with E-state index in [1.54, 1.807) is 6.92 Å². The molecular weight excluding hydrogens is 362 g/mol. The van der Waals surface area contributed by atoms with Crippen molar-refractivity contribution in [2.24, 2.45) is 0 Å². The summed E-state index contributed by atoms with van der Waals surface area (Å²) in [6.07, 6.45) is 0. The van der Waals surface area contributed by atoms with Crippen LogP contribution in [0.5, 0.6) is 0 Å². The Kier molecular flexibility index (Phi) is 7.04. The third-order valence-electron chi connectivity index (χ3n) is 5.94. The van der Waals surface area contributed by atoms with Gasteiger partial charge in [0.1, 0.15) is 0 Å². The smallest absolute Gasteiger partial charge is 0.280 e. The Bertz CT molecular complexity index is 812. The maximum atomic E-state index is 13.1. The summed E-state index contributed by atoms with van der Waals surface area (Å²) in [7, 11) is 0. The van der Waals surface area contributed by atoms with Gasteiger partial charge in [-0.25, -0.2) is 0 Å². The second kappa shape index (κ2) is 9.70. The molecule has 0 unspecified atom stereocenters. The van der Waals surface area contributed by atoms with Crippen molar-refractivity contribution in [1.29, 1.82) is 0 Å². The van der Waals surface area contributed by atoms with Gasteiger partial charge in [-0.1, -0.05) is 30.3 Å². The fourth-order valence-corrected chi connectivity index (χ4v) is 3.99. The number of carbonyl (C=O) groups is 2. The van der Waals surface area contributed by atoms with Crippen LogP contribution in [0.3, 0.4) is 0 Å². The number of benzene rings is 2. The third-order valence-corrected chi connectivity index (χ3v) is 5.94. The minimum absolute atomic E-state index is 0.0408. The summed E-state index contributed by atoms with van der Waals surface area (Å²) in [4.78, 5) is 30.2. The van der Waals surface area contributed by atoms with Gasteiger partial charge in [-0.2, -0.15) is 0 Å². The highest BCUT2D eigenvalue weighted by Gasteiger charge is 2.31. The summed E-state index contributed by atoms with van der Waals surface area (Å²) in [5.74, 6) is 0.319. The Labute approximate surface area is 173 Å². The number of ketones is 1. The molecule has 2 aromatic rings. The lowest BCUT2D eigenvalue weighted by atomic mass is 10.1. The molecule has 1 saturated heterocycles. The van der Waals surface area contributed by atoms with Gasteiger partial charge in [0.2, 0.25) is 0 Å². The highest BCUT2D eigenvalue weighted by molar-refractivity contribution is 5.94. The largest absolute Gasteiger partial charge is 0.360 e. The number of nitrogens with one attached hydrogen (secondary N) is 1. The summed E-state index contributed by atoms with van der Waals surface area (Å²) < 4.78 is 0. The number of nitrogens with zero attached hydrogens (tertiary/aromatic N) is 2. The molecule has 0 spiro atoms. The van der Waals surface area contributed by atoms with Crippen LogP contribution in [0.25, 0.3) is 0 Å². The monoisotopic (exact) mass is 394 g/mol. The Morgan fingerprint density at radius 2 is 1.66 bits per heavy atom. The quantitative estimate of drug-likeness (QED) is 0.731. The highest BCUT2D eigenvalue weighted by Crippen LogP contribution is 2.15. The molecule has 5 heteroatoms. The summed E-state index contributed by atoms with van der Waals surface area (Å²) >= 11 is 0. The fourth-order valence-electron chi connectivity index (χ4n) is 3.99. The molecule has 2 aromatic carbocycles. The van der Waals surface area contributed by atoms with Crippen molar-refractivity contribution >= 4 is 17.4 Å². The zero-order valence-electron chi connectivity index (χ0n) is 17.7. The van der Waals surface area contributed by atoms with Gasteiger partial charge in [0.15, 0.2) is 11.8 Å². The molecule has 154 valence electrons. The molecule has 1 N–H and O–H groups in total. The van der Waals surface area contributed by atoms with Gasteiger partial charge in [0.05, 0.1) is 26.2 Å². The molecule has 1 aliphatic heterocycles. The first-order chi connectivity index (χ1) is 14.0. The maximum Gasteiger partial charge on any atom is 0.280 e. The van der Waals surface area contributed by atoms with E-state index in [-0.39, 0.29) is 17.7 Å². The average molecular weight is 395 g/mol. The molecule has 3 rings (SSSR count). The Morgan fingerprint density at radius 1 is 1.03 bits per heavy atom. The molecule has 1 amide bonds. The zero-order valence-corrected chi connectivity index (χ0v) is 17.7. The van der Waals surface area contributed by atoms with Gasteiger partial charge < -0.3 is 14.7 Å². The van der Waals surface area contributed by atoms with E-state index in [9.17, 15) is 9.59 Å². The predicted molar refractivity (Wildman–Crippen MR) is 116 cm³/mol. The summed E-state index contributed by atoms with van der Waals surface area (Å²) in [6.45, 7) is 10.8. The van der Waals surface area contributed by atoms with Crippen molar-refractivity contribution in [3.8, 4) is 0 Å². The van der Waals surface area contributed by atoms with Gasteiger partial charge in [0, 0.05) is 24.3 Å². The van der Waals surface area contributed by atoms with Crippen LogP contribution in [-0.4, -0.2) is 55.4 Å². The van der Waals surface area contributed by atoms with Crippen LogP contribution in [0, 0.1) is 0 Å². The van der Waals surface area contributed by atoms with Crippen LogP contribution in [-0.2, 0) is 11.3 Å². The SMILES string of the molecule is CCN(Cc1ccccc1)C(=O)[C@@H](C)[NH+]1CCN(c2ccc(C(C)=O)cc2)CC1. The number of anilines is 1. The number of rotatable bonds is 7. The molecular formula is C24H32N3O2+. The van der Waals surface area contributed by atoms with E-state index >= 15 is 0 Å². The molecule has 5 nitrogen and oxygen atoms in total. The molecule has 1 fully saturated rings. The first-order valence-corrected chi connectivity index (χ1v) is 10.5. The molecule has 29 heavy (non-hydrogen) atoms. The van der Waals surface area contributed by atoms with Crippen LogP contribution in [0.15, 0.2) is 54.6 Å².